The molecule has 0 bridgehead atoms. The van der Waals surface area contributed by atoms with Crippen LogP contribution in [-0.2, 0) is 26.2 Å². The van der Waals surface area contributed by atoms with Crippen LogP contribution in [0.5, 0.6) is 0 Å². The zero-order valence-corrected chi connectivity index (χ0v) is 22.9. The van der Waals surface area contributed by atoms with Gasteiger partial charge in [-0.15, -0.1) is 0 Å². The Balaban J connectivity index is 2.43. The average Bonchev–Trinajstić information content (AvgIpc) is 2.78. The third kappa shape index (κ3) is 8.40. The molecule has 2 aromatic rings. The Morgan fingerprint density at radius 2 is 1.71 bits per heavy atom. The fourth-order valence-corrected chi connectivity index (χ4v) is 4.90. The van der Waals surface area contributed by atoms with Crippen molar-refractivity contribution in [2.75, 3.05) is 23.7 Å². The molecule has 2 amide bonds. The summed E-state index contributed by atoms with van der Waals surface area (Å²) in [6.07, 6.45) is 3.13. The molecule has 1 atom stereocenters. The van der Waals surface area contributed by atoms with E-state index in [-0.39, 0.29) is 12.5 Å². The summed E-state index contributed by atoms with van der Waals surface area (Å²) in [6.45, 7) is 5.79. The number of halogens is 2. The van der Waals surface area contributed by atoms with E-state index in [9.17, 15) is 18.0 Å². The second-order valence-corrected chi connectivity index (χ2v) is 11.2. The van der Waals surface area contributed by atoms with Crippen LogP contribution in [0.1, 0.15) is 44.2 Å². The van der Waals surface area contributed by atoms with E-state index in [1.54, 1.807) is 42.5 Å². The van der Waals surface area contributed by atoms with Crippen molar-refractivity contribution in [1.29, 1.82) is 0 Å². The molecule has 7 nitrogen and oxygen atoms in total. The maximum Gasteiger partial charge on any atom is 0.244 e. The lowest BCUT2D eigenvalue weighted by Crippen LogP contribution is -2.52. The van der Waals surface area contributed by atoms with Crippen molar-refractivity contribution in [1.82, 2.24) is 10.2 Å². The van der Waals surface area contributed by atoms with Crippen molar-refractivity contribution in [3.8, 4) is 0 Å². The minimum Gasteiger partial charge on any atom is -0.354 e. The van der Waals surface area contributed by atoms with Crippen molar-refractivity contribution in [3.63, 3.8) is 0 Å². The molecular weight excluding hydrogens is 509 g/mol. The van der Waals surface area contributed by atoms with E-state index < -0.39 is 28.5 Å². The van der Waals surface area contributed by atoms with Gasteiger partial charge >= 0.3 is 0 Å². The van der Waals surface area contributed by atoms with Gasteiger partial charge in [0.05, 0.1) is 11.9 Å². The van der Waals surface area contributed by atoms with Gasteiger partial charge in [-0.1, -0.05) is 67.2 Å². The molecule has 0 spiro atoms. The molecule has 0 fully saturated rings. The fourth-order valence-electron chi connectivity index (χ4n) is 3.58. The maximum atomic E-state index is 13.6. The minimum atomic E-state index is -3.77. The summed E-state index contributed by atoms with van der Waals surface area (Å²) in [4.78, 5) is 28.0. The Morgan fingerprint density at radius 1 is 1.06 bits per heavy atom. The molecule has 0 radical (unpaired) electrons. The average molecular weight is 543 g/mol. The van der Waals surface area contributed by atoms with Gasteiger partial charge in [0, 0.05) is 23.1 Å². The number of sulfonamides is 1. The first-order chi connectivity index (χ1) is 16.5. The van der Waals surface area contributed by atoms with Crippen molar-refractivity contribution < 1.29 is 18.0 Å². The lowest BCUT2D eigenvalue weighted by Gasteiger charge is -2.33. The van der Waals surface area contributed by atoms with Crippen LogP contribution in [0.3, 0.4) is 0 Å². The first-order valence-electron chi connectivity index (χ1n) is 11.5. The number of aryl methyl sites for hydroxylation is 1. The minimum absolute atomic E-state index is 0.0278. The predicted octanol–water partition coefficient (Wildman–Crippen LogP) is 4.79. The Morgan fingerprint density at radius 3 is 2.26 bits per heavy atom. The first-order valence-corrected chi connectivity index (χ1v) is 14.1. The van der Waals surface area contributed by atoms with Gasteiger partial charge in [-0.25, -0.2) is 8.42 Å². The zero-order valence-electron chi connectivity index (χ0n) is 20.6. The summed E-state index contributed by atoms with van der Waals surface area (Å²) < 4.78 is 26.3. The molecule has 0 aromatic heterocycles. The monoisotopic (exact) mass is 541 g/mol. The molecule has 2 aromatic carbocycles. The number of nitrogens with zero attached hydrogens (tertiary/aromatic N) is 2. The van der Waals surface area contributed by atoms with Crippen LogP contribution in [0.2, 0.25) is 10.0 Å². The lowest BCUT2D eigenvalue weighted by atomic mass is 10.1. The van der Waals surface area contributed by atoms with Gasteiger partial charge in [-0.3, -0.25) is 13.9 Å². The van der Waals surface area contributed by atoms with Crippen LogP contribution in [0.4, 0.5) is 5.69 Å². The van der Waals surface area contributed by atoms with Crippen molar-refractivity contribution in [2.45, 2.75) is 52.6 Å². The van der Waals surface area contributed by atoms with E-state index in [2.05, 4.69) is 5.32 Å². The second kappa shape index (κ2) is 13.1. The van der Waals surface area contributed by atoms with E-state index >= 15 is 0 Å². The van der Waals surface area contributed by atoms with E-state index in [1.807, 2.05) is 20.8 Å². The van der Waals surface area contributed by atoms with Gasteiger partial charge in [-0.05, 0) is 49.6 Å². The number of amides is 2. The highest BCUT2D eigenvalue weighted by molar-refractivity contribution is 7.92. The predicted molar refractivity (Wildman–Crippen MR) is 142 cm³/mol. The van der Waals surface area contributed by atoms with Crippen LogP contribution >= 0.6 is 23.2 Å². The lowest BCUT2D eigenvalue weighted by molar-refractivity contribution is -0.140. The smallest absolute Gasteiger partial charge is 0.244 e. The molecule has 0 aliphatic rings. The van der Waals surface area contributed by atoms with E-state index in [0.717, 1.165) is 29.0 Å². The van der Waals surface area contributed by atoms with Crippen molar-refractivity contribution in [3.05, 3.63) is 63.6 Å². The Labute approximate surface area is 218 Å². The molecule has 0 unspecified atom stereocenters. The molecule has 0 aliphatic heterocycles. The van der Waals surface area contributed by atoms with Crippen LogP contribution in [0.15, 0.2) is 42.5 Å². The molecule has 2 rings (SSSR count). The van der Waals surface area contributed by atoms with Crippen LogP contribution in [-0.4, -0.2) is 50.5 Å². The number of hydrogen-bond acceptors (Lipinski definition) is 4. The van der Waals surface area contributed by atoms with Crippen molar-refractivity contribution >= 4 is 50.7 Å². The van der Waals surface area contributed by atoms with Crippen molar-refractivity contribution in [2.24, 2.45) is 0 Å². The SMILES string of the molecule is CCCCNC(=O)[C@@H](CC)N(Cc1ccc(Cl)cc1Cl)C(=O)CN(c1ccc(C)cc1)S(C)(=O)=O. The molecule has 35 heavy (non-hydrogen) atoms. The van der Waals surface area contributed by atoms with Crippen LogP contribution < -0.4 is 9.62 Å². The van der Waals surface area contributed by atoms with Crippen LogP contribution in [0, 0.1) is 6.92 Å². The maximum absolute atomic E-state index is 13.6. The van der Waals surface area contributed by atoms with Gasteiger partial charge in [0.1, 0.15) is 12.6 Å². The molecule has 10 heteroatoms. The largest absolute Gasteiger partial charge is 0.354 e. The molecule has 0 aliphatic carbocycles. The topological polar surface area (TPSA) is 86.8 Å². The highest BCUT2D eigenvalue weighted by atomic mass is 35.5. The number of carbonyl (C=O) groups excluding carboxylic acids is 2. The van der Waals surface area contributed by atoms with Gasteiger partial charge in [0.15, 0.2) is 0 Å². The summed E-state index contributed by atoms with van der Waals surface area (Å²) in [5, 5.41) is 3.69. The van der Waals surface area contributed by atoms with Gasteiger partial charge in [0.25, 0.3) is 0 Å². The number of nitrogens with one attached hydrogen (secondary N) is 1. The molecule has 0 heterocycles. The van der Waals surface area contributed by atoms with E-state index in [0.29, 0.717) is 34.3 Å². The third-order valence-corrected chi connectivity index (χ3v) is 7.30. The molecule has 0 saturated carbocycles. The zero-order chi connectivity index (χ0) is 26.2. The Bertz CT molecular complexity index is 1120. The summed E-state index contributed by atoms with van der Waals surface area (Å²) in [5.41, 5.74) is 1.93. The summed E-state index contributed by atoms with van der Waals surface area (Å²) in [5.74, 6) is -0.805. The Hall–Kier alpha value is -2.29. The third-order valence-electron chi connectivity index (χ3n) is 5.57. The molecule has 192 valence electrons. The number of anilines is 1. The highest BCUT2D eigenvalue weighted by Crippen LogP contribution is 2.25. The molecular formula is C25H33Cl2N3O4S. The highest BCUT2D eigenvalue weighted by Gasteiger charge is 2.32. The standard InChI is InChI=1S/C25H33Cl2N3O4S/c1-5-7-14-28-25(32)23(6-2)29(16-19-10-11-20(26)15-22(19)27)24(31)17-30(35(4,33)34)21-12-8-18(3)9-13-21/h8-13,15,23H,5-7,14,16-17H2,1-4H3,(H,28,32)/t23-/m1/s1. The Kier molecular flexibility index (Phi) is 10.9. The second-order valence-electron chi connectivity index (χ2n) is 8.43. The summed E-state index contributed by atoms with van der Waals surface area (Å²) >= 11 is 12.4. The van der Waals surface area contributed by atoms with Gasteiger partial charge in [-0.2, -0.15) is 0 Å². The number of benzene rings is 2. The fraction of sp³-hybridized carbons (Fsp3) is 0.440. The summed E-state index contributed by atoms with van der Waals surface area (Å²) in [6, 6.07) is 11.0. The quantitative estimate of drug-likeness (QED) is 0.391. The number of hydrogen-bond donors (Lipinski definition) is 1. The van der Waals surface area contributed by atoms with Crippen LogP contribution in [0.25, 0.3) is 0 Å². The van der Waals surface area contributed by atoms with Gasteiger partial charge < -0.3 is 10.2 Å². The number of carbonyl (C=O) groups is 2. The van der Waals surface area contributed by atoms with E-state index in [4.69, 9.17) is 23.2 Å². The number of rotatable bonds is 12. The first kappa shape index (κ1) is 28.9. The molecule has 0 saturated heterocycles. The van der Waals surface area contributed by atoms with Gasteiger partial charge in [0.2, 0.25) is 21.8 Å². The van der Waals surface area contributed by atoms with E-state index in [1.165, 1.54) is 4.90 Å². The normalized spacial score (nSPS) is 12.2. The summed E-state index contributed by atoms with van der Waals surface area (Å²) in [7, 11) is -3.77. The molecule has 1 N–H and O–H groups in total. The number of unbranched alkanes of at least 4 members (excludes halogenated alkanes) is 1.